The smallest absolute Gasteiger partial charge is 0.253 e. The zero-order valence-corrected chi connectivity index (χ0v) is 17.0. The molecule has 1 aliphatic heterocycles. The van der Waals surface area contributed by atoms with Crippen molar-refractivity contribution in [3.05, 3.63) is 78.4 Å². The van der Waals surface area contributed by atoms with Crippen LogP contribution in [0.25, 0.3) is 5.69 Å². The number of amides is 1. The number of hydrogen-bond donors (Lipinski definition) is 1. The Hall–Kier alpha value is -3.19. The highest BCUT2D eigenvalue weighted by atomic mass is 19.1. The number of carbonyl (C=O) groups excluding carboxylic acids is 1. The molecule has 0 spiro atoms. The van der Waals surface area contributed by atoms with Crippen LogP contribution in [0.1, 0.15) is 23.2 Å². The predicted molar refractivity (Wildman–Crippen MR) is 113 cm³/mol. The lowest BCUT2D eigenvalue weighted by atomic mass is 9.78. The predicted octanol–water partition coefficient (Wildman–Crippen LogP) is 3.30. The first-order valence-corrected chi connectivity index (χ1v) is 10.6. The van der Waals surface area contributed by atoms with E-state index in [2.05, 4.69) is 5.10 Å². The van der Waals surface area contributed by atoms with Crippen molar-refractivity contribution < 1.29 is 19.0 Å². The Balaban J connectivity index is 1.26. The molecule has 160 valence electrons. The molecule has 2 aromatic carbocycles. The van der Waals surface area contributed by atoms with E-state index >= 15 is 0 Å². The molecule has 1 amide bonds. The van der Waals surface area contributed by atoms with Gasteiger partial charge in [0.05, 0.1) is 11.8 Å². The van der Waals surface area contributed by atoms with Gasteiger partial charge in [0, 0.05) is 31.0 Å². The molecular formula is C24H24FN3O3. The van der Waals surface area contributed by atoms with Gasteiger partial charge in [-0.1, -0.05) is 6.07 Å². The van der Waals surface area contributed by atoms with Crippen LogP contribution in [-0.4, -0.2) is 51.0 Å². The van der Waals surface area contributed by atoms with E-state index in [4.69, 9.17) is 4.74 Å². The molecule has 0 bridgehead atoms. The molecule has 4 atom stereocenters. The van der Waals surface area contributed by atoms with E-state index in [1.807, 2.05) is 41.4 Å². The molecule has 2 heterocycles. The number of nitrogens with zero attached hydrogens (tertiary/aromatic N) is 3. The van der Waals surface area contributed by atoms with Crippen molar-refractivity contribution in [1.29, 1.82) is 0 Å². The van der Waals surface area contributed by atoms with Gasteiger partial charge in [-0.2, -0.15) is 5.10 Å². The van der Waals surface area contributed by atoms with Crippen molar-refractivity contribution in [3.63, 3.8) is 0 Å². The van der Waals surface area contributed by atoms with Crippen molar-refractivity contribution in [2.75, 3.05) is 13.1 Å². The average Bonchev–Trinajstić information content (AvgIpc) is 3.45. The Morgan fingerprint density at radius 2 is 1.84 bits per heavy atom. The number of aliphatic hydroxyl groups is 1. The largest absolute Gasteiger partial charge is 0.488 e. The van der Waals surface area contributed by atoms with Crippen LogP contribution in [0.3, 0.4) is 0 Å². The van der Waals surface area contributed by atoms with Crippen LogP contribution in [0.2, 0.25) is 0 Å². The number of rotatable bonds is 4. The third-order valence-electron chi connectivity index (χ3n) is 6.34. The van der Waals surface area contributed by atoms with E-state index < -0.39 is 6.10 Å². The van der Waals surface area contributed by atoms with Crippen LogP contribution in [0, 0.1) is 17.7 Å². The number of halogens is 1. The quantitative estimate of drug-likeness (QED) is 0.702. The molecule has 1 N–H and O–H groups in total. The number of benzene rings is 2. The fourth-order valence-electron chi connectivity index (χ4n) is 4.76. The summed E-state index contributed by atoms with van der Waals surface area (Å²) < 4.78 is 20.8. The standard InChI is InChI=1S/C24H24FN3O3/c25-19-5-7-21(8-6-19)31-23-13-18-15-27(14-17(18)12-22(23)29)24(30)16-3-1-4-20(11-16)28-10-2-9-26-28/h1-11,17-18,22-23,29H,12-15H2/t17-,18+,22+,23+/m0/s1. The fraction of sp³-hybridized carbons (Fsp3) is 0.333. The molecule has 3 aromatic rings. The molecule has 2 aliphatic rings. The molecule has 0 unspecified atom stereocenters. The van der Waals surface area contributed by atoms with E-state index in [-0.39, 0.29) is 29.7 Å². The van der Waals surface area contributed by atoms with Crippen molar-refractivity contribution in [2.24, 2.45) is 11.8 Å². The molecular weight excluding hydrogens is 397 g/mol. The first-order valence-electron chi connectivity index (χ1n) is 10.6. The summed E-state index contributed by atoms with van der Waals surface area (Å²) in [6, 6.07) is 15.2. The number of likely N-dealkylation sites (tertiary alicyclic amines) is 1. The number of ether oxygens (including phenoxy) is 1. The summed E-state index contributed by atoms with van der Waals surface area (Å²) in [5, 5.41) is 14.8. The van der Waals surface area contributed by atoms with E-state index in [0.29, 0.717) is 37.2 Å². The molecule has 1 aliphatic carbocycles. The third kappa shape index (κ3) is 4.05. The Morgan fingerprint density at radius 1 is 1.06 bits per heavy atom. The summed E-state index contributed by atoms with van der Waals surface area (Å²) in [6.07, 6.45) is 3.84. The SMILES string of the molecule is O=C(c1cccc(-n2cccn2)c1)N1C[C@H]2C[C@@H](Oc3ccc(F)cc3)[C@H](O)C[C@H]2C1. The lowest BCUT2D eigenvalue weighted by molar-refractivity contribution is -0.0231. The Kier molecular flexibility index (Phi) is 5.19. The monoisotopic (exact) mass is 421 g/mol. The van der Waals surface area contributed by atoms with Gasteiger partial charge in [-0.05, 0) is 73.2 Å². The summed E-state index contributed by atoms with van der Waals surface area (Å²) in [5.74, 6) is 0.741. The van der Waals surface area contributed by atoms with Gasteiger partial charge in [-0.25, -0.2) is 9.07 Å². The summed E-state index contributed by atoms with van der Waals surface area (Å²) in [4.78, 5) is 15.0. The number of carbonyl (C=O) groups is 1. The van der Waals surface area contributed by atoms with Crippen LogP contribution in [0.5, 0.6) is 5.75 Å². The molecule has 1 saturated carbocycles. The second kappa shape index (κ2) is 8.15. The van der Waals surface area contributed by atoms with Gasteiger partial charge in [-0.3, -0.25) is 4.79 Å². The zero-order chi connectivity index (χ0) is 21.4. The number of fused-ring (bicyclic) bond motifs is 1. The lowest BCUT2D eigenvalue weighted by Gasteiger charge is -2.35. The zero-order valence-electron chi connectivity index (χ0n) is 17.0. The highest BCUT2D eigenvalue weighted by molar-refractivity contribution is 5.95. The molecule has 2 fully saturated rings. The maximum Gasteiger partial charge on any atom is 0.253 e. The first kappa shape index (κ1) is 19.8. The van der Waals surface area contributed by atoms with Gasteiger partial charge >= 0.3 is 0 Å². The average molecular weight is 421 g/mol. The number of aromatic nitrogens is 2. The minimum Gasteiger partial charge on any atom is -0.488 e. The summed E-state index contributed by atoms with van der Waals surface area (Å²) in [6.45, 7) is 1.28. The summed E-state index contributed by atoms with van der Waals surface area (Å²) in [5.41, 5.74) is 1.47. The number of hydrogen-bond acceptors (Lipinski definition) is 4. The highest BCUT2D eigenvalue weighted by Gasteiger charge is 2.44. The van der Waals surface area contributed by atoms with Crippen molar-refractivity contribution in [1.82, 2.24) is 14.7 Å². The molecule has 5 rings (SSSR count). The summed E-state index contributed by atoms with van der Waals surface area (Å²) in [7, 11) is 0. The van der Waals surface area contributed by atoms with E-state index in [0.717, 1.165) is 5.69 Å². The minimum absolute atomic E-state index is 0.00565. The van der Waals surface area contributed by atoms with Gasteiger partial charge in [-0.15, -0.1) is 0 Å². The maximum absolute atomic E-state index is 13.2. The van der Waals surface area contributed by atoms with Gasteiger partial charge in [0.2, 0.25) is 0 Å². The normalized spacial score (nSPS) is 25.3. The molecule has 1 aromatic heterocycles. The second-order valence-electron chi connectivity index (χ2n) is 8.38. The third-order valence-corrected chi connectivity index (χ3v) is 6.34. The molecule has 1 saturated heterocycles. The van der Waals surface area contributed by atoms with Gasteiger partial charge in [0.1, 0.15) is 17.7 Å². The second-order valence-corrected chi connectivity index (χ2v) is 8.38. The number of aliphatic hydroxyl groups excluding tert-OH is 1. The lowest BCUT2D eigenvalue weighted by Crippen LogP contribution is -2.42. The molecule has 7 heteroatoms. The minimum atomic E-state index is -0.607. The van der Waals surface area contributed by atoms with Gasteiger partial charge in [0.25, 0.3) is 5.91 Å². The van der Waals surface area contributed by atoms with Crippen LogP contribution in [-0.2, 0) is 0 Å². The van der Waals surface area contributed by atoms with Crippen LogP contribution in [0.15, 0.2) is 67.0 Å². The van der Waals surface area contributed by atoms with Crippen LogP contribution < -0.4 is 4.74 Å². The Labute approximate surface area is 179 Å². The van der Waals surface area contributed by atoms with Crippen molar-refractivity contribution >= 4 is 5.91 Å². The van der Waals surface area contributed by atoms with E-state index in [1.165, 1.54) is 12.1 Å². The van der Waals surface area contributed by atoms with Crippen molar-refractivity contribution in [3.8, 4) is 11.4 Å². The highest BCUT2D eigenvalue weighted by Crippen LogP contribution is 2.38. The summed E-state index contributed by atoms with van der Waals surface area (Å²) >= 11 is 0. The van der Waals surface area contributed by atoms with Crippen LogP contribution in [0.4, 0.5) is 4.39 Å². The molecule has 6 nitrogen and oxygen atoms in total. The Bertz CT molecular complexity index is 1050. The first-order chi connectivity index (χ1) is 15.1. The van der Waals surface area contributed by atoms with Gasteiger partial charge < -0.3 is 14.7 Å². The van der Waals surface area contributed by atoms with E-state index in [1.54, 1.807) is 23.0 Å². The van der Waals surface area contributed by atoms with Gasteiger partial charge in [0.15, 0.2) is 0 Å². The van der Waals surface area contributed by atoms with Crippen molar-refractivity contribution in [2.45, 2.75) is 25.0 Å². The maximum atomic E-state index is 13.2. The Morgan fingerprint density at radius 3 is 2.58 bits per heavy atom. The fourth-order valence-corrected chi connectivity index (χ4v) is 4.76. The molecule has 0 radical (unpaired) electrons. The van der Waals surface area contributed by atoms with Crippen LogP contribution >= 0.6 is 0 Å². The molecule has 31 heavy (non-hydrogen) atoms. The van der Waals surface area contributed by atoms with E-state index in [9.17, 15) is 14.3 Å². The topological polar surface area (TPSA) is 67.6 Å².